The van der Waals surface area contributed by atoms with Gasteiger partial charge in [0, 0.05) is 0 Å². The smallest absolute Gasteiger partial charge is 0.349 e. The number of hydrogen-bond donors (Lipinski definition) is 1. The molecule has 1 rings (SSSR count). The number of nitrogens with zero attached hydrogens (tertiary/aromatic N) is 1. The fraction of sp³-hybridized carbons (Fsp3) is 0. The molecule has 0 aliphatic heterocycles. The lowest BCUT2D eigenvalue weighted by Gasteiger charge is -1.82. The Kier molecular flexibility index (Phi) is 2.28. The summed E-state index contributed by atoms with van der Waals surface area (Å²) in [5.74, 6) is -1.05. The van der Waals surface area contributed by atoms with E-state index >= 15 is 0 Å². The largest absolute Gasteiger partial charge is 0.477 e. The van der Waals surface area contributed by atoms with Gasteiger partial charge in [0.05, 0.1) is 0 Å². The van der Waals surface area contributed by atoms with Crippen molar-refractivity contribution in [1.82, 2.24) is 4.98 Å². The molecule has 0 saturated heterocycles. The molecule has 3 nitrogen and oxygen atoms in total. The van der Waals surface area contributed by atoms with E-state index in [2.05, 4.69) is 20.9 Å². The van der Waals surface area contributed by atoms with Gasteiger partial charge in [0.2, 0.25) is 0 Å². The van der Waals surface area contributed by atoms with E-state index in [9.17, 15) is 4.79 Å². The summed E-state index contributed by atoms with van der Waals surface area (Å²) in [6.07, 6.45) is 0. The number of thiazole rings is 1. The van der Waals surface area contributed by atoms with Gasteiger partial charge in [0.15, 0.2) is 13.9 Å². The maximum Gasteiger partial charge on any atom is 0.349 e. The Bertz CT molecular complexity index is 274. The molecule has 0 bridgehead atoms. The first kappa shape index (κ1) is 7.97. The quantitative estimate of drug-likeness (QED) is 0.822. The Morgan fingerprint density at radius 3 is 2.60 bits per heavy atom. The summed E-state index contributed by atoms with van der Waals surface area (Å²) in [4.78, 5) is 14.0. The van der Waals surface area contributed by atoms with Gasteiger partial charge in [-0.3, -0.25) is 0 Å². The van der Waals surface area contributed by atoms with Crippen molar-refractivity contribution in [3.05, 3.63) is 13.9 Å². The Hall–Kier alpha value is -0.130. The minimum Gasteiger partial charge on any atom is -0.477 e. The predicted octanol–water partition coefficient (Wildman–Crippen LogP) is 2.26. The maximum atomic E-state index is 10.3. The Morgan fingerprint density at radius 1 is 1.80 bits per heavy atom. The Morgan fingerprint density at radius 2 is 2.40 bits per heavy atom. The first-order valence-corrected chi connectivity index (χ1v) is 4.15. The van der Waals surface area contributed by atoms with E-state index in [1.165, 1.54) is 0 Å². The molecule has 0 atom stereocenters. The van der Waals surface area contributed by atoms with Crippen molar-refractivity contribution in [2.24, 2.45) is 0 Å². The van der Waals surface area contributed by atoms with E-state index < -0.39 is 5.97 Å². The Labute approximate surface area is 73.8 Å². The average Bonchev–Trinajstić information content (AvgIpc) is 2.10. The number of aromatic carboxylic acids is 1. The topological polar surface area (TPSA) is 50.2 Å². The lowest BCUT2D eigenvalue weighted by atomic mass is 10.6. The molecule has 0 fully saturated rings. The molecule has 1 aromatic rings. The van der Waals surface area contributed by atoms with Crippen LogP contribution in [0.5, 0.6) is 0 Å². The van der Waals surface area contributed by atoms with Crippen molar-refractivity contribution in [3.8, 4) is 0 Å². The van der Waals surface area contributed by atoms with Crippen molar-refractivity contribution < 1.29 is 9.90 Å². The molecule has 0 unspecified atom stereocenters. The standard InChI is InChI=1S/C4HBrClNO2S/c5-4-7-2(6)1(10-4)3(8)9/h(H,8,9). The third-order valence-electron chi connectivity index (χ3n) is 0.754. The lowest BCUT2D eigenvalue weighted by molar-refractivity contribution is 0.0702. The van der Waals surface area contributed by atoms with Gasteiger partial charge in [-0.25, -0.2) is 9.78 Å². The summed E-state index contributed by atoms with van der Waals surface area (Å²) in [5.41, 5.74) is 0. The van der Waals surface area contributed by atoms with Crippen LogP contribution in [0.2, 0.25) is 5.15 Å². The average molecular weight is 242 g/mol. The fourth-order valence-corrected chi connectivity index (χ4v) is 2.03. The molecular formula is C4HBrClNO2S. The normalized spacial score (nSPS) is 9.80. The van der Waals surface area contributed by atoms with Crippen LogP contribution >= 0.6 is 38.9 Å². The van der Waals surface area contributed by atoms with Crippen molar-refractivity contribution in [1.29, 1.82) is 0 Å². The van der Waals surface area contributed by atoms with Gasteiger partial charge in [-0.05, 0) is 15.9 Å². The number of hydrogen-bond acceptors (Lipinski definition) is 3. The van der Waals surface area contributed by atoms with Gasteiger partial charge in [-0.15, -0.1) is 0 Å². The minimum atomic E-state index is -1.05. The summed E-state index contributed by atoms with van der Waals surface area (Å²) >= 11 is 9.44. The van der Waals surface area contributed by atoms with E-state index in [1.54, 1.807) is 0 Å². The third-order valence-corrected chi connectivity index (χ3v) is 2.63. The van der Waals surface area contributed by atoms with Crippen LogP contribution in [-0.4, -0.2) is 16.1 Å². The second-order valence-corrected chi connectivity index (χ2v) is 4.03. The van der Waals surface area contributed by atoms with E-state index in [0.29, 0.717) is 3.92 Å². The van der Waals surface area contributed by atoms with Crippen LogP contribution in [0.25, 0.3) is 0 Å². The van der Waals surface area contributed by atoms with Crippen LogP contribution in [0.4, 0.5) is 0 Å². The zero-order valence-corrected chi connectivity index (χ0v) is 7.63. The Balaban J connectivity index is 3.15. The third kappa shape index (κ3) is 1.47. The summed E-state index contributed by atoms with van der Waals surface area (Å²) in [5, 5.41) is 8.48. The molecule has 1 heterocycles. The van der Waals surface area contributed by atoms with Crippen molar-refractivity contribution in [3.63, 3.8) is 0 Å². The second kappa shape index (κ2) is 2.86. The number of carbonyl (C=O) groups is 1. The number of aromatic nitrogens is 1. The summed E-state index contributed by atoms with van der Waals surface area (Å²) in [7, 11) is 0. The molecule has 6 heteroatoms. The van der Waals surface area contributed by atoms with Gasteiger partial charge in [-0.2, -0.15) is 0 Å². The van der Waals surface area contributed by atoms with Gasteiger partial charge in [0.25, 0.3) is 0 Å². The summed E-state index contributed by atoms with van der Waals surface area (Å²) in [6, 6.07) is 0. The van der Waals surface area contributed by atoms with E-state index in [0.717, 1.165) is 11.3 Å². The molecule has 0 spiro atoms. The lowest BCUT2D eigenvalue weighted by Crippen LogP contribution is -1.91. The number of carboxylic acids is 1. The highest BCUT2D eigenvalue weighted by Gasteiger charge is 2.13. The molecule has 54 valence electrons. The van der Waals surface area contributed by atoms with E-state index in [-0.39, 0.29) is 10.0 Å². The van der Waals surface area contributed by atoms with Gasteiger partial charge >= 0.3 is 5.97 Å². The molecule has 1 N–H and O–H groups in total. The van der Waals surface area contributed by atoms with Crippen LogP contribution in [0.3, 0.4) is 0 Å². The molecule has 0 amide bonds. The van der Waals surface area contributed by atoms with Gasteiger partial charge in [-0.1, -0.05) is 22.9 Å². The highest BCUT2D eigenvalue weighted by atomic mass is 79.9. The fourth-order valence-electron chi connectivity index (χ4n) is 0.409. The van der Waals surface area contributed by atoms with Crippen LogP contribution in [0, 0.1) is 0 Å². The molecule has 0 aromatic carbocycles. The van der Waals surface area contributed by atoms with Gasteiger partial charge in [0.1, 0.15) is 0 Å². The number of halogens is 2. The van der Waals surface area contributed by atoms with Gasteiger partial charge < -0.3 is 5.11 Å². The molecule has 0 radical (unpaired) electrons. The molecule has 1 aromatic heterocycles. The van der Waals surface area contributed by atoms with Crippen LogP contribution in [-0.2, 0) is 0 Å². The van der Waals surface area contributed by atoms with Crippen molar-refractivity contribution in [2.45, 2.75) is 0 Å². The van der Waals surface area contributed by atoms with Crippen molar-refractivity contribution >= 4 is 44.8 Å². The highest BCUT2D eigenvalue weighted by Crippen LogP contribution is 2.26. The highest BCUT2D eigenvalue weighted by molar-refractivity contribution is 9.11. The monoisotopic (exact) mass is 241 g/mol. The first-order valence-electron chi connectivity index (χ1n) is 2.16. The minimum absolute atomic E-state index is 0.0318. The molecule has 10 heavy (non-hydrogen) atoms. The molecule has 0 saturated carbocycles. The zero-order valence-electron chi connectivity index (χ0n) is 4.47. The zero-order chi connectivity index (χ0) is 7.72. The second-order valence-electron chi connectivity index (χ2n) is 1.39. The van der Waals surface area contributed by atoms with E-state index in [1.807, 2.05) is 0 Å². The van der Waals surface area contributed by atoms with Crippen LogP contribution < -0.4 is 0 Å². The van der Waals surface area contributed by atoms with Crippen molar-refractivity contribution in [2.75, 3.05) is 0 Å². The summed E-state index contributed by atoms with van der Waals surface area (Å²) < 4.78 is 0.481. The number of rotatable bonds is 1. The summed E-state index contributed by atoms with van der Waals surface area (Å²) in [6.45, 7) is 0. The van der Waals surface area contributed by atoms with Crippen LogP contribution in [0.15, 0.2) is 3.92 Å². The maximum absolute atomic E-state index is 10.3. The SMILES string of the molecule is O=C(O)c1sc(Br)nc1Cl. The van der Waals surface area contributed by atoms with E-state index in [4.69, 9.17) is 16.7 Å². The first-order chi connectivity index (χ1) is 4.61. The van der Waals surface area contributed by atoms with Crippen LogP contribution in [0.1, 0.15) is 9.67 Å². The molecular weight excluding hydrogens is 241 g/mol. The number of carboxylic acid groups (broad SMARTS) is 1. The molecule has 0 aliphatic carbocycles. The molecule has 0 aliphatic rings. The predicted molar refractivity (Wildman–Crippen MR) is 41.8 cm³/mol.